The molecule has 0 bridgehead atoms. The molecule has 5 heteroatoms. The third-order valence-electron chi connectivity index (χ3n) is 2.89. The number of benzene rings is 2. The third kappa shape index (κ3) is 2.33. The maximum Gasteiger partial charge on any atom is 0.291 e. The molecule has 0 unspecified atom stereocenters. The Labute approximate surface area is 120 Å². The first-order chi connectivity index (χ1) is 9.63. The van der Waals surface area contributed by atoms with Gasteiger partial charge < -0.3 is 15.5 Å². The van der Waals surface area contributed by atoms with Crippen LogP contribution in [0.4, 0.5) is 11.4 Å². The van der Waals surface area contributed by atoms with Crippen molar-refractivity contribution in [2.75, 3.05) is 11.1 Å². The highest BCUT2D eigenvalue weighted by atomic mass is 35.5. The summed E-state index contributed by atoms with van der Waals surface area (Å²) in [5.74, 6) is -0.119. The molecule has 0 aliphatic heterocycles. The molecule has 0 saturated heterocycles. The summed E-state index contributed by atoms with van der Waals surface area (Å²) >= 11 is 6.01. The van der Waals surface area contributed by atoms with Crippen molar-refractivity contribution in [2.24, 2.45) is 0 Å². The van der Waals surface area contributed by atoms with Crippen molar-refractivity contribution in [2.45, 2.75) is 0 Å². The van der Waals surface area contributed by atoms with Crippen molar-refractivity contribution >= 4 is 39.9 Å². The van der Waals surface area contributed by atoms with Crippen LogP contribution in [-0.4, -0.2) is 5.91 Å². The number of rotatable bonds is 2. The smallest absolute Gasteiger partial charge is 0.291 e. The van der Waals surface area contributed by atoms with E-state index in [1.54, 1.807) is 24.3 Å². The minimum absolute atomic E-state index is 0.235. The van der Waals surface area contributed by atoms with Crippen LogP contribution >= 0.6 is 11.6 Å². The molecule has 20 heavy (non-hydrogen) atoms. The lowest BCUT2D eigenvalue weighted by Gasteiger charge is -2.05. The number of nitrogens with one attached hydrogen (secondary N) is 1. The molecule has 100 valence electrons. The van der Waals surface area contributed by atoms with Crippen molar-refractivity contribution in [3.05, 3.63) is 59.3 Å². The molecule has 0 atom stereocenters. The summed E-state index contributed by atoms with van der Waals surface area (Å²) in [6.07, 6.45) is 0. The number of hydrogen-bond donors (Lipinski definition) is 2. The third-order valence-corrected chi connectivity index (χ3v) is 3.20. The summed E-state index contributed by atoms with van der Waals surface area (Å²) < 4.78 is 5.49. The first kappa shape index (κ1) is 12.6. The lowest BCUT2D eigenvalue weighted by molar-refractivity contribution is 0.0998. The Bertz CT molecular complexity index is 762. The Balaban J connectivity index is 1.89. The predicted molar refractivity (Wildman–Crippen MR) is 80.0 cm³/mol. The fraction of sp³-hybridized carbons (Fsp3) is 0. The van der Waals surface area contributed by atoms with E-state index in [-0.39, 0.29) is 11.7 Å². The van der Waals surface area contributed by atoms with Crippen LogP contribution in [0.5, 0.6) is 0 Å². The number of hydrogen-bond acceptors (Lipinski definition) is 3. The van der Waals surface area contributed by atoms with Gasteiger partial charge in [-0.1, -0.05) is 29.8 Å². The number of carbonyl (C=O) groups is 1. The fourth-order valence-electron chi connectivity index (χ4n) is 1.91. The molecule has 0 radical (unpaired) electrons. The number of anilines is 2. The minimum atomic E-state index is -0.354. The van der Waals surface area contributed by atoms with Crippen LogP contribution in [0.15, 0.2) is 52.9 Å². The summed E-state index contributed by atoms with van der Waals surface area (Å²) in [6.45, 7) is 0. The van der Waals surface area contributed by atoms with Crippen molar-refractivity contribution in [1.82, 2.24) is 0 Å². The van der Waals surface area contributed by atoms with Crippen LogP contribution in [0, 0.1) is 0 Å². The number of fused-ring (bicyclic) bond motifs is 1. The molecule has 3 rings (SSSR count). The second-order valence-electron chi connectivity index (χ2n) is 4.34. The van der Waals surface area contributed by atoms with E-state index >= 15 is 0 Å². The molecule has 0 aliphatic rings. The molecule has 1 heterocycles. The van der Waals surface area contributed by atoms with Gasteiger partial charge in [-0.2, -0.15) is 0 Å². The lowest BCUT2D eigenvalue weighted by atomic mass is 10.2. The summed E-state index contributed by atoms with van der Waals surface area (Å²) in [5.41, 5.74) is 7.30. The van der Waals surface area contributed by atoms with Crippen LogP contribution in [0.3, 0.4) is 0 Å². The maximum atomic E-state index is 12.1. The average Bonchev–Trinajstić information content (AvgIpc) is 2.86. The van der Waals surface area contributed by atoms with Crippen LogP contribution < -0.4 is 11.1 Å². The zero-order valence-electron chi connectivity index (χ0n) is 10.4. The van der Waals surface area contributed by atoms with E-state index in [4.69, 9.17) is 21.8 Å². The Kier molecular flexibility index (Phi) is 3.08. The summed E-state index contributed by atoms with van der Waals surface area (Å²) in [7, 11) is 0. The van der Waals surface area contributed by atoms with E-state index in [1.807, 2.05) is 24.3 Å². The molecule has 3 aromatic rings. The Morgan fingerprint density at radius 3 is 2.70 bits per heavy atom. The maximum absolute atomic E-state index is 12.1. The first-order valence-corrected chi connectivity index (χ1v) is 6.36. The van der Waals surface area contributed by atoms with Gasteiger partial charge in [0.2, 0.25) is 0 Å². The van der Waals surface area contributed by atoms with Gasteiger partial charge >= 0.3 is 0 Å². The topological polar surface area (TPSA) is 68.3 Å². The molecular formula is C15H11ClN2O2. The summed E-state index contributed by atoms with van der Waals surface area (Å²) in [5, 5.41) is 3.95. The fourth-order valence-corrected chi connectivity index (χ4v) is 2.15. The van der Waals surface area contributed by atoms with Crippen LogP contribution in [0.2, 0.25) is 5.02 Å². The highest BCUT2D eigenvalue weighted by molar-refractivity contribution is 6.34. The van der Waals surface area contributed by atoms with Gasteiger partial charge in [0.1, 0.15) is 5.58 Å². The van der Waals surface area contributed by atoms with Gasteiger partial charge in [0, 0.05) is 11.1 Å². The van der Waals surface area contributed by atoms with Gasteiger partial charge in [-0.05, 0) is 30.3 Å². The van der Waals surface area contributed by atoms with Crippen molar-refractivity contribution in [3.63, 3.8) is 0 Å². The average molecular weight is 287 g/mol. The van der Waals surface area contributed by atoms with Crippen molar-refractivity contribution in [1.29, 1.82) is 0 Å². The molecule has 0 spiro atoms. The summed E-state index contributed by atoms with van der Waals surface area (Å²) in [4.78, 5) is 12.1. The normalized spacial score (nSPS) is 10.7. The molecular weight excluding hydrogens is 276 g/mol. The first-order valence-electron chi connectivity index (χ1n) is 5.98. The highest BCUT2D eigenvalue weighted by Gasteiger charge is 2.13. The van der Waals surface area contributed by atoms with E-state index in [0.717, 1.165) is 5.39 Å². The van der Waals surface area contributed by atoms with Gasteiger partial charge in [-0.3, -0.25) is 4.79 Å². The van der Waals surface area contributed by atoms with Gasteiger partial charge in [0.25, 0.3) is 5.91 Å². The number of amides is 1. The van der Waals surface area contributed by atoms with E-state index in [1.165, 1.54) is 0 Å². The molecule has 0 saturated carbocycles. The number of nitrogen functional groups attached to an aromatic ring is 1. The number of furan rings is 1. The highest BCUT2D eigenvalue weighted by Crippen LogP contribution is 2.25. The van der Waals surface area contributed by atoms with Gasteiger partial charge in [-0.15, -0.1) is 0 Å². The van der Waals surface area contributed by atoms with Gasteiger partial charge in [0.05, 0.1) is 10.7 Å². The number of halogens is 1. The minimum Gasteiger partial charge on any atom is -0.451 e. The number of para-hydroxylation sites is 1. The van der Waals surface area contributed by atoms with Crippen molar-refractivity contribution in [3.8, 4) is 0 Å². The number of carbonyl (C=O) groups excluding carboxylic acids is 1. The molecule has 3 N–H and O–H groups in total. The van der Waals surface area contributed by atoms with Crippen LogP contribution in [0.25, 0.3) is 11.0 Å². The van der Waals surface area contributed by atoms with Gasteiger partial charge in [-0.25, -0.2) is 0 Å². The second-order valence-corrected chi connectivity index (χ2v) is 4.75. The van der Waals surface area contributed by atoms with E-state index < -0.39 is 0 Å². The Morgan fingerprint density at radius 1 is 1.15 bits per heavy atom. The Hall–Kier alpha value is -2.46. The largest absolute Gasteiger partial charge is 0.451 e. The van der Waals surface area contributed by atoms with Gasteiger partial charge in [0.15, 0.2) is 5.76 Å². The predicted octanol–water partition coefficient (Wildman–Crippen LogP) is 3.92. The van der Waals surface area contributed by atoms with Crippen molar-refractivity contribution < 1.29 is 9.21 Å². The van der Waals surface area contributed by atoms with E-state index in [9.17, 15) is 4.79 Å². The monoisotopic (exact) mass is 286 g/mol. The second kappa shape index (κ2) is 4.90. The zero-order valence-corrected chi connectivity index (χ0v) is 11.1. The van der Waals surface area contributed by atoms with E-state index in [0.29, 0.717) is 22.0 Å². The molecule has 1 aromatic heterocycles. The zero-order chi connectivity index (χ0) is 14.1. The molecule has 1 amide bonds. The van der Waals surface area contributed by atoms with Crippen LogP contribution in [-0.2, 0) is 0 Å². The lowest BCUT2D eigenvalue weighted by Crippen LogP contribution is -2.11. The molecule has 4 nitrogen and oxygen atoms in total. The molecule has 0 fully saturated rings. The SMILES string of the molecule is Nc1ccc(NC(=O)c2cc3ccccc3o2)c(Cl)c1. The Morgan fingerprint density at radius 2 is 1.95 bits per heavy atom. The standard InChI is InChI=1S/C15H11ClN2O2/c16-11-8-10(17)5-6-12(11)18-15(19)14-7-9-3-1-2-4-13(9)20-14/h1-8H,17H2,(H,18,19). The molecule has 0 aliphatic carbocycles. The summed E-state index contributed by atoms with van der Waals surface area (Å²) in [6, 6.07) is 14.0. The van der Waals surface area contributed by atoms with E-state index in [2.05, 4.69) is 5.32 Å². The molecule has 2 aromatic carbocycles. The van der Waals surface area contributed by atoms with Crippen LogP contribution in [0.1, 0.15) is 10.6 Å². The quantitative estimate of drug-likeness (QED) is 0.702. The number of nitrogens with two attached hydrogens (primary N) is 1.